The van der Waals surface area contributed by atoms with Crippen molar-refractivity contribution >= 4 is 57.9 Å². The van der Waals surface area contributed by atoms with Gasteiger partial charge in [0.1, 0.15) is 0 Å². The van der Waals surface area contributed by atoms with Crippen molar-refractivity contribution in [3.63, 3.8) is 0 Å². The average Bonchev–Trinajstić information content (AvgIpc) is 2.74. The summed E-state index contributed by atoms with van der Waals surface area (Å²) in [5.41, 5.74) is 6.59. The minimum Gasteiger partial charge on any atom is -0.377 e. The van der Waals surface area contributed by atoms with Crippen LogP contribution in [0.25, 0.3) is 0 Å². The van der Waals surface area contributed by atoms with Crippen molar-refractivity contribution < 1.29 is 4.79 Å². The second-order valence-electron chi connectivity index (χ2n) is 6.75. The first-order chi connectivity index (χ1) is 14.5. The molecule has 0 spiro atoms. The smallest absolute Gasteiger partial charge is 0.339 e. The van der Waals surface area contributed by atoms with Gasteiger partial charge in [-0.1, -0.05) is 65.1 Å². The number of nitrogens with zero attached hydrogens (tertiary/aromatic N) is 1. The molecule has 1 heterocycles. The molecule has 1 unspecified atom stereocenters. The fraction of sp³-hybridized carbons (Fsp3) is 0.0909. The second kappa shape index (κ2) is 8.96. The van der Waals surface area contributed by atoms with Gasteiger partial charge in [-0.3, -0.25) is 0 Å². The highest BCUT2D eigenvalue weighted by atomic mass is 35.5. The van der Waals surface area contributed by atoms with Gasteiger partial charge >= 0.3 is 6.03 Å². The number of hydrogen-bond donors (Lipinski definition) is 3. The second-order valence-corrected chi connectivity index (χ2v) is 8.03. The summed E-state index contributed by atoms with van der Waals surface area (Å²) in [5.74, 6) is 0. The summed E-state index contributed by atoms with van der Waals surface area (Å²) in [7, 11) is 0. The number of halogens is 3. The van der Waals surface area contributed by atoms with Gasteiger partial charge in [0, 0.05) is 27.7 Å². The van der Waals surface area contributed by atoms with Crippen molar-refractivity contribution in [3.8, 4) is 0 Å². The lowest BCUT2D eigenvalue weighted by molar-refractivity contribution is 0.252. The quantitative estimate of drug-likeness (QED) is 0.380. The normalized spacial score (nSPS) is 16.5. The molecule has 5 nitrogen and oxygen atoms in total. The molecule has 1 atom stereocenters. The molecule has 0 aromatic heterocycles. The van der Waals surface area contributed by atoms with Crippen molar-refractivity contribution in [2.45, 2.75) is 12.5 Å². The third-order valence-corrected chi connectivity index (χ3v) is 5.48. The SMILES string of the molecule is O=C(NN=C1CC(c2ccccc2)Nc2ccc(Cl)cc21)Nc1ccc(Cl)cc1Cl. The summed E-state index contributed by atoms with van der Waals surface area (Å²) in [6, 6.07) is 20.0. The Kier molecular flexibility index (Phi) is 6.13. The minimum absolute atomic E-state index is 0.0224. The van der Waals surface area contributed by atoms with Crippen LogP contribution in [-0.4, -0.2) is 11.7 Å². The van der Waals surface area contributed by atoms with Crippen LogP contribution >= 0.6 is 34.8 Å². The lowest BCUT2D eigenvalue weighted by atomic mass is 9.92. The van der Waals surface area contributed by atoms with Crippen LogP contribution in [0.15, 0.2) is 71.8 Å². The molecule has 0 radical (unpaired) electrons. The first-order valence-corrected chi connectivity index (χ1v) is 10.3. The van der Waals surface area contributed by atoms with Gasteiger partial charge in [-0.25, -0.2) is 10.2 Å². The van der Waals surface area contributed by atoms with Gasteiger partial charge in [0.25, 0.3) is 0 Å². The molecule has 1 aliphatic heterocycles. The van der Waals surface area contributed by atoms with Gasteiger partial charge in [-0.15, -0.1) is 0 Å². The van der Waals surface area contributed by atoms with E-state index in [4.69, 9.17) is 34.8 Å². The first kappa shape index (κ1) is 20.5. The van der Waals surface area contributed by atoms with E-state index < -0.39 is 6.03 Å². The number of fused-ring (bicyclic) bond motifs is 1. The molecule has 8 heteroatoms. The Morgan fingerprint density at radius 3 is 2.47 bits per heavy atom. The van der Waals surface area contributed by atoms with E-state index in [-0.39, 0.29) is 6.04 Å². The Bertz CT molecular complexity index is 1120. The van der Waals surface area contributed by atoms with Crippen LogP contribution in [0.2, 0.25) is 15.1 Å². The number of benzene rings is 3. The molecule has 3 N–H and O–H groups in total. The molecular weight excluding hydrogens is 443 g/mol. The summed E-state index contributed by atoms with van der Waals surface area (Å²) in [6.07, 6.45) is 0.583. The fourth-order valence-electron chi connectivity index (χ4n) is 3.27. The minimum atomic E-state index is -0.509. The first-order valence-electron chi connectivity index (χ1n) is 9.19. The Morgan fingerprint density at radius 2 is 1.70 bits per heavy atom. The zero-order valence-corrected chi connectivity index (χ0v) is 17.9. The van der Waals surface area contributed by atoms with Crippen molar-refractivity contribution in [2.24, 2.45) is 5.10 Å². The Morgan fingerprint density at radius 1 is 0.967 bits per heavy atom. The van der Waals surface area contributed by atoms with E-state index in [0.29, 0.717) is 27.2 Å². The lowest BCUT2D eigenvalue weighted by Gasteiger charge is -2.28. The molecule has 3 aromatic rings. The highest BCUT2D eigenvalue weighted by Crippen LogP contribution is 2.34. The number of nitrogens with one attached hydrogen (secondary N) is 3. The van der Waals surface area contributed by atoms with Crippen LogP contribution < -0.4 is 16.1 Å². The van der Waals surface area contributed by atoms with Crippen molar-refractivity contribution in [3.05, 3.63) is 92.9 Å². The summed E-state index contributed by atoms with van der Waals surface area (Å²) >= 11 is 18.2. The zero-order chi connectivity index (χ0) is 21.1. The van der Waals surface area contributed by atoms with Gasteiger partial charge in [0.2, 0.25) is 0 Å². The Hall–Kier alpha value is -2.73. The van der Waals surface area contributed by atoms with Crippen LogP contribution in [0, 0.1) is 0 Å². The molecule has 30 heavy (non-hydrogen) atoms. The van der Waals surface area contributed by atoms with Gasteiger partial charge in [-0.2, -0.15) is 5.10 Å². The van der Waals surface area contributed by atoms with E-state index in [0.717, 1.165) is 22.5 Å². The van der Waals surface area contributed by atoms with Crippen LogP contribution in [-0.2, 0) is 0 Å². The summed E-state index contributed by atoms with van der Waals surface area (Å²) < 4.78 is 0. The van der Waals surface area contributed by atoms with Crippen molar-refractivity contribution in [2.75, 3.05) is 10.6 Å². The van der Waals surface area contributed by atoms with E-state index >= 15 is 0 Å². The molecule has 0 saturated carbocycles. The maximum absolute atomic E-state index is 12.4. The topological polar surface area (TPSA) is 65.5 Å². The van der Waals surface area contributed by atoms with Gasteiger partial charge < -0.3 is 10.6 Å². The van der Waals surface area contributed by atoms with Gasteiger partial charge in [0.05, 0.1) is 22.5 Å². The Labute approximate surface area is 189 Å². The highest BCUT2D eigenvalue weighted by molar-refractivity contribution is 6.36. The zero-order valence-electron chi connectivity index (χ0n) is 15.6. The third kappa shape index (κ3) is 4.70. The standard InChI is InChI=1S/C22H17Cl3N4O/c23-14-6-8-18-16(10-14)21(12-20(26-18)13-4-2-1-3-5-13)28-29-22(30)27-19-9-7-15(24)11-17(19)25/h1-11,20,26H,12H2,(H2,27,29,30). The molecule has 2 amide bonds. The molecule has 0 saturated heterocycles. The third-order valence-electron chi connectivity index (χ3n) is 4.69. The van der Waals surface area contributed by atoms with Crippen molar-refractivity contribution in [1.82, 2.24) is 5.43 Å². The number of carbonyl (C=O) groups excluding carboxylic acids is 1. The highest BCUT2D eigenvalue weighted by Gasteiger charge is 2.24. The van der Waals surface area contributed by atoms with Crippen LogP contribution in [0.1, 0.15) is 23.6 Å². The van der Waals surface area contributed by atoms with E-state index in [2.05, 4.69) is 33.3 Å². The molecule has 4 rings (SSSR count). The van der Waals surface area contributed by atoms with E-state index in [1.165, 1.54) is 0 Å². The summed E-state index contributed by atoms with van der Waals surface area (Å²) in [4.78, 5) is 12.4. The number of hydrogen-bond acceptors (Lipinski definition) is 3. The van der Waals surface area contributed by atoms with E-state index in [1.54, 1.807) is 18.2 Å². The number of hydrazone groups is 1. The molecule has 0 aliphatic carbocycles. The monoisotopic (exact) mass is 458 g/mol. The molecule has 1 aliphatic rings. The number of carbonyl (C=O) groups is 1. The number of urea groups is 1. The fourth-order valence-corrected chi connectivity index (χ4v) is 3.90. The maximum atomic E-state index is 12.4. The molecular formula is C22H17Cl3N4O. The van der Waals surface area contributed by atoms with Gasteiger partial charge in [0.15, 0.2) is 0 Å². The van der Waals surface area contributed by atoms with Crippen LogP contribution in [0.4, 0.5) is 16.2 Å². The molecule has 152 valence electrons. The molecule has 3 aromatic carbocycles. The largest absolute Gasteiger partial charge is 0.377 e. The molecule has 0 bridgehead atoms. The average molecular weight is 460 g/mol. The number of rotatable bonds is 3. The van der Waals surface area contributed by atoms with E-state index in [1.807, 2.05) is 36.4 Å². The van der Waals surface area contributed by atoms with Crippen LogP contribution in [0.3, 0.4) is 0 Å². The predicted octanol–water partition coefficient (Wildman–Crippen LogP) is 6.73. The maximum Gasteiger partial charge on any atom is 0.339 e. The van der Waals surface area contributed by atoms with E-state index in [9.17, 15) is 4.79 Å². The van der Waals surface area contributed by atoms with Crippen molar-refractivity contribution in [1.29, 1.82) is 0 Å². The van der Waals surface area contributed by atoms with Crippen LogP contribution in [0.5, 0.6) is 0 Å². The Balaban J connectivity index is 1.57. The number of anilines is 2. The summed E-state index contributed by atoms with van der Waals surface area (Å²) in [5, 5.41) is 12.0. The lowest BCUT2D eigenvalue weighted by Crippen LogP contribution is -2.29. The number of amides is 2. The molecule has 0 fully saturated rings. The summed E-state index contributed by atoms with van der Waals surface area (Å²) in [6.45, 7) is 0. The van der Waals surface area contributed by atoms with Gasteiger partial charge in [-0.05, 0) is 42.0 Å². The predicted molar refractivity (Wildman–Crippen MR) is 124 cm³/mol.